The normalized spacial score (nSPS) is 19.7. The van der Waals surface area contributed by atoms with E-state index in [2.05, 4.69) is 0 Å². The Kier molecular flexibility index (Phi) is 5.81. The van der Waals surface area contributed by atoms with E-state index in [1.165, 1.54) is 4.90 Å². The van der Waals surface area contributed by atoms with Crippen LogP contribution in [-0.2, 0) is 6.18 Å². The van der Waals surface area contributed by atoms with Gasteiger partial charge in [0.15, 0.2) is 0 Å². The highest BCUT2D eigenvalue weighted by Gasteiger charge is 2.36. The number of amides is 1. The number of benzene rings is 1. The lowest BCUT2D eigenvalue weighted by Crippen LogP contribution is -2.33. The highest BCUT2D eigenvalue weighted by atomic mass is 35.5. The van der Waals surface area contributed by atoms with E-state index in [0.717, 1.165) is 12.5 Å². The minimum Gasteiger partial charge on any atom is -0.338 e. The molecule has 2 rings (SSSR count). The Morgan fingerprint density at radius 1 is 1.41 bits per heavy atom. The van der Waals surface area contributed by atoms with E-state index in [-0.39, 0.29) is 29.9 Å². The lowest BCUT2D eigenvalue weighted by atomic mass is 10.0. The largest absolute Gasteiger partial charge is 0.419 e. The van der Waals surface area contributed by atoms with Crippen LogP contribution in [0.4, 0.5) is 17.6 Å². The molecule has 22 heavy (non-hydrogen) atoms. The van der Waals surface area contributed by atoms with Gasteiger partial charge in [-0.25, -0.2) is 4.39 Å². The molecule has 3 nitrogen and oxygen atoms in total. The average molecular weight is 341 g/mol. The van der Waals surface area contributed by atoms with Crippen LogP contribution >= 0.6 is 12.4 Å². The van der Waals surface area contributed by atoms with Gasteiger partial charge in [-0.15, -0.1) is 12.4 Å². The van der Waals surface area contributed by atoms with Crippen LogP contribution in [0.5, 0.6) is 0 Å². The Bertz CT molecular complexity index is 548. The van der Waals surface area contributed by atoms with Crippen LogP contribution in [0.15, 0.2) is 18.2 Å². The molecule has 8 heteroatoms. The van der Waals surface area contributed by atoms with E-state index in [9.17, 15) is 22.4 Å². The lowest BCUT2D eigenvalue weighted by Gasteiger charge is -2.19. The van der Waals surface area contributed by atoms with Gasteiger partial charge in [-0.1, -0.05) is 0 Å². The molecule has 2 unspecified atom stereocenters. The first-order valence-electron chi connectivity index (χ1n) is 6.61. The smallest absolute Gasteiger partial charge is 0.338 e. The summed E-state index contributed by atoms with van der Waals surface area (Å²) in [6, 6.07) is 2.24. The summed E-state index contributed by atoms with van der Waals surface area (Å²) in [6.45, 7) is 2.69. The molecule has 1 aromatic rings. The molecule has 124 valence electrons. The summed E-state index contributed by atoms with van der Waals surface area (Å²) in [7, 11) is 0. The van der Waals surface area contributed by atoms with E-state index >= 15 is 0 Å². The topological polar surface area (TPSA) is 46.3 Å². The van der Waals surface area contributed by atoms with Crippen molar-refractivity contribution in [1.29, 1.82) is 0 Å². The summed E-state index contributed by atoms with van der Waals surface area (Å²) < 4.78 is 51.2. The molecule has 0 spiro atoms. The maximum atomic E-state index is 13.2. The molecule has 0 saturated carbocycles. The fourth-order valence-electron chi connectivity index (χ4n) is 2.46. The van der Waals surface area contributed by atoms with Crippen molar-refractivity contribution in [2.24, 2.45) is 11.7 Å². The van der Waals surface area contributed by atoms with Crippen molar-refractivity contribution in [3.8, 4) is 0 Å². The van der Waals surface area contributed by atoms with Gasteiger partial charge >= 0.3 is 6.18 Å². The Morgan fingerprint density at radius 3 is 2.55 bits per heavy atom. The molecule has 1 heterocycles. The van der Waals surface area contributed by atoms with Crippen LogP contribution in [0.25, 0.3) is 0 Å². The number of carbonyl (C=O) groups is 1. The molecule has 0 bridgehead atoms. The number of rotatable bonds is 2. The fourth-order valence-corrected chi connectivity index (χ4v) is 2.46. The number of likely N-dealkylation sites (tertiary alicyclic amines) is 1. The molecule has 0 aromatic heterocycles. The molecule has 1 aromatic carbocycles. The zero-order chi connectivity index (χ0) is 15.8. The number of carbonyl (C=O) groups excluding carboxylic acids is 1. The summed E-state index contributed by atoms with van der Waals surface area (Å²) in [5, 5.41) is 0. The Hall–Kier alpha value is -1.34. The van der Waals surface area contributed by atoms with Gasteiger partial charge in [-0.3, -0.25) is 4.79 Å². The summed E-state index contributed by atoms with van der Waals surface area (Å²) in [5.41, 5.74) is 4.19. The van der Waals surface area contributed by atoms with E-state index in [1.807, 2.05) is 6.92 Å². The number of nitrogens with zero attached hydrogens (tertiary/aromatic N) is 1. The van der Waals surface area contributed by atoms with Gasteiger partial charge in [-0.2, -0.15) is 13.2 Å². The third kappa shape index (κ3) is 3.89. The molecule has 0 radical (unpaired) electrons. The van der Waals surface area contributed by atoms with Crippen LogP contribution in [-0.4, -0.2) is 29.9 Å². The predicted molar refractivity (Wildman–Crippen MR) is 76.3 cm³/mol. The van der Waals surface area contributed by atoms with E-state index in [4.69, 9.17) is 5.73 Å². The quantitative estimate of drug-likeness (QED) is 0.841. The second kappa shape index (κ2) is 6.83. The van der Waals surface area contributed by atoms with Crippen molar-refractivity contribution in [2.75, 3.05) is 13.1 Å². The zero-order valence-corrected chi connectivity index (χ0v) is 12.7. The summed E-state index contributed by atoms with van der Waals surface area (Å²) >= 11 is 0. The van der Waals surface area contributed by atoms with Gasteiger partial charge in [0.2, 0.25) is 0 Å². The monoisotopic (exact) mass is 340 g/mol. The summed E-state index contributed by atoms with van der Waals surface area (Å²) in [4.78, 5) is 13.7. The third-order valence-electron chi connectivity index (χ3n) is 3.77. The number of halogens is 5. The first-order chi connectivity index (χ1) is 9.70. The van der Waals surface area contributed by atoms with Crippen LogP contribution in [0.2, 0.25) is 0 Å². The minimum absolute atomic E-state index is 0. The third-order valence-corrected chi connectivity index (χ3v) is 3.77. The van der Waals surface area contributed by atoms with Crippen molar-refractivity contribution in [3.05, 3.63) is 35.1 Å². The van der Waals surface area contributed by atoms with E-state index < -0.39 is 23.5 Å². The second-order valence-corrected chi connectivity index (χ2v) is 5.35. The number of nitrogens with two attached hydrogens (primary N) is 1. The zero-order valence-electron chi connectivity index (χ0n) is 11.9. The molecule has 1 aliphatic rings. The van der Waals surface area contributed by atoms with Crippen molar-refractivity contribution in [1.82, 2.24) is 4.90 Å². The molecule has 2 N–H and O–H groups in total. The van der Waals surface area contributed by atoms with Gasteiger partial charge in [0.05, 0.1) is 5.56 Å². The molecule has 0 aliphatic carbocycles. The molecule has 1 fully saturated rings. The van der Waals surface area contributed by atoms with Crippen LogP contribution in [0.1, 0.15) is 29.3 Å². The number of hydrogen-bond acceptors (Lipinski definition) is 2. The molecule has 1 saturated heterocycles. The Morgan fingerprint density at radius 2 is 2.05 bits per heavy atom. The second-order valence-electron chi connectivity index (χ2n) is 5.35. The standard InChI is InChI=1S/C14H16F4N2O.ClH/c1-8(19)10-4-5-20(7-10)13(21)9-2-3-12(15)11(6-9)14(16,17)18;/h2-3,6,8,10H,4-5,7,19H2,1H3;1H. The molecule has 2 atom stereocenters. The van der Waals surface area contributed by atoms with Crippen LogP contribution in [0, 0.1) is 11.7 Å². The molecular weight excluding hydrogens is 324 g/mol. The lowest BCUT2D eigenvalue weighted by molar-refractivity contribution is -0.140. The van der Waals surface area contributed by atoms with Gasteiger partial charge in [0, 0.05) is 24.7 Å². The predicted octanol–water partition coefficient (Wildman–Crippen LogP) is 3.08. The van der Waals surface area contributed by atoms with Gasteiger partial charge in [0.1, 0.15) is 5.82 Å². The van der Waals surface area contributed by atoms with Crippen molar-refractivity contribution in [3.63, 3.8) is 0 Å². The highest BCUT2D eigenvalue weighted by Crippen LogP contribution is 2.32. The maximum absolute atomic E-state index is 13.2. The summed E-state index contributed by atoms with van der Waals surface area (Å²) in [6.07, 6.45) is -4.10. The average Bonchev–Trinajstić information content (AvgIpc) is 2.86. The molecule has 1 aliphatic heterocycles. The number of alkyl halides is 3. The first-order valence-corrected chi connectivity index (χ1v) is 6.61. The fraction of sp³-hybridized carbons (Fsp3) is 0.500. The van der Waals surface area contributed by atoms with E-state index in [0.29, 0.717) is 25.2 Å². The summed E-state index contributed by atoms with van der Waals surface area (Å²) in [5.74, 6) is -1.77. The van der Waals surface area contributed by atoms with Crippen LogP contribution in [0.3, 0.4) is 0 Å². The van der Waals surface area contributed by atoms with Crippen molar-refractivity contribution < 1.29 is 22.4 Å². The number of hydrogen-bond donors (Lipinski definition) is 1. The molecule has 1 amide bonds. The van der Waals surface area contributed by atoms with Gasteiger partial charge in [0.25, 0.3) is 5.91 Å². The van der Waals surface area contributed by atoms with Crippen molar-refractivity contribution in [2.45, 2.75) is 25.6 Å². The van der Waals surface area contributed by atoms with Crippen LogP contribution < -0.4 is 5.73 Å². The maximum Gasteiger partial charge on any atom is 0.419 e. The molecular formula is C14H17ClF4N2O. The van der Waals surface area contributed by atoms with Gasteiger partial charge in [-0.05, 0) is 37.5 Å². The van der Waals surface area contributed by atoms with E-state index in [1.54, 1.807) is 0 Å². The van der Waals surface area contributed by atoms with Crippen molar-refractivity contribution >= 4 is 18.3 Å². The first kappa shape index (κ1) is 18.7. The Labute approximate surface area is 131 Å². The SMILES string of the molecule is CC(N)C1CCN(C(=O)c2ccc(F)c(C(F)(F)F)c2)C1.Cl. The minimum atomic E-state index is -4.82. The van der Waals surface area contributed by atoms with Gasteiger partial charge < -0.3 is 10.6 Å². The highest BCUT2D eigenvalue weighted by molar-refractivity contribution is 5.94. The Balaban J connectivity index is 0.00000242.